The Morgan fingerprint density at radius 3 is 2.58 bits per heavy atom. The molecule has 2 aliphatic rings. The predicted octanol–water partition coefficient (Wildman–Crippen LogP) is 3.39. The van der Waals surface area contributed by atoms with Crippen LogP contribution in [0.25, 0.3) is 11.2 Å². The number of rotatable bonds is 3. The molecular weight excluding hydrogens is 414 g/mol. The Balaban J connectivity index is 1.68. The van der Waals surface area contributed by atoms with Gasteiger partial charge in [0, 0.05) is 31.2 Å². The maximum atomic E-state index is 13.6. The maximum absolute atomic E-state index is 13.6. The highest BCUT2D eigenvalue weighted by atomic mass is 35.5. The van der Waals surface area contributed by atoms with Crippen molar-refractivity contribution < 1.29 is 0 Å². The van der Waals surface area contributed by atoms with Crippen molar-refractivity contribution in [2.24, 2.45) is 13.0 Å². The van der Waals surface area contributed by atoms with Gasteiger partial charge >= 0.3 is 5.69 Å². The van der Waals surface area contributed by atoms with Crippen molar-refractivity contribution in [2.45, 2.75) is 58.2 Å². The zero-order chi connectivity index (χ0) is 21.7. The standard InChI is InChI=1S/C23H28ClN5O2/c1-15-12-27(17-9-4-3-5-10-17)22-25-20-19(28(22)13-15)21(30)29(23(31)26(20)2)14-16-8-6-7-11-18(16)24/h6-8,11,15,17H,3-5,9-10,12-14H2,1-2H3. The molecule has 0 spiro atoms. The third-order valence-electron chi connectivity index (χ3n) is 6.77. The first-order valence-corrected chi connectivity index (χ1v) is 11.5. The molecule has 5 rings (SSSR count). The summed E-state index contributed by atoms with van der Waals surface area (Å²) in [4.78, 5) is 33.9. The molecule has 1 atom stereocenters. The molecule has 7 nitrogen and oxygen atoms in total. The number of nitrogens with zero attached hydrogens (tertiary/aromatic N) is 5. The van der Waals surface area contributed by atoms with Gasteiger partial charge in [0.2, 0.25) is 5.95 Å². The second-order valence-corrected chi connectivity index (χ2v) is 9.48. The summed E-state index contributed by atoms with van der Waals surface area (Å²) in [6, 6.07) is 7.77. The molecule has 2 aromatic heterocycles. The first-order chi connectivity index (χ1) is 15.0. The van der Waals surface area contributed by atoms with Gasteiger partial charge in [-0.1, -0.05) is 56.0 Å². The molecule has 0 saturated heterocycles. The summed E-state index contributed by atoms with van der Waals surface area (Å²) >= 11 is 6.31. The van der Waals surface area contributed by atoms with Crippen molar-refractivity contribution in [3.63, 3.8) is 0 Å². The summed E-state index contributed by atoms with van der Waals surface area (Å²) in [6.07, 6.45) is 6.08. The van der Waals surface area contributed by atoms with Gasteiger partial charge < -0.3 is 9.47 Å². The lowest BCUT2D eigenvalue weighted by Gasteiger charge is -2.40. The van der Waals surface area contributed by atoms with Gasteiger partial charge in [0.1, 0.15) is 0 Å². The lowest BCUT2D eigenvalue weighted by Crippen LogP contribution is -2.45. The van der Waals surface area contributed by atoms with Gasteiger partial charge in [-0.3, -0.25) is 13.9 Å². The summed E-state index contributed by atoms with van der Waals surface area (Å²) in [7, 11) is 1.70. The molecule has 0 amide bonds. The fourth-order valence-electron chi connectivity index (χ4n) is 5.18. The molecule has 1 aliphatic carbocycles. The van der Waals surface area contributed by atoms with Crippen LogP contribution >= 0.6 is 11.6 Å². The Morgan fingerprint density at radius 1 is 1.10 bits per heavy atom. The monoisotopic (exact) mass is 441 g/mol. The van der Waals surface area contributed by atoms with E-state index in [9.17, 15) is 9.59 Å². The van der Waals surface area contributed by atoms with Crippen LogP contribution in [0.15, 0.2) is 33.9 Å². The van der Waals surface area contributed by atoms with Crippen LogP contribution in [0.4, 0.5) is 5.95 Å². The van der Waals surface area contributed by atoms with Crippen molar-refractivity contribution in [3.8, 4) is 0 Å². The number of aryl methyl sites for hydroxylation is 1. The number of hydrogen-bond donors (Lipinski definition) is 0. The Kier molecular flexibility index (Phi) is 5.16. The fourth-order valence-corrected chi connectivity index (χ4v) is 5.38. The summed E-state index contributed by atoms with van der Waals surface area (Å²) in [5, 5.41) is 0.545. The highest BCUT2D eigenvalue weighted by Crippen LogP contribution is 2.33. The van der Waals surface area contributed by atoms with E-state index in [0.29, 0.717) is 28.1 Å². The topological polar surface area (TPSA) is 65.1 Å². The van der Waals surface area contributed by atoms with E-state index in [2.05, 4.69) is 11.8 Å². The second kappa shape index (κ2) is 7.86. The molecule has 1 unspecified atom stereocenters. The summed E-state index contributed by atoms with van der Waals surface area (Å²) < 4.78 is 4.83. The van der Waals surface area contributed by atoms with E-state index >= 15 is 0 Å². The van der Waals surface area contributed by atoms with E-state index in [0.717, 1.165) is 37.4 Å². The van der Waals surface area contributed by atoms with Gasteiger partial charge in [-0.2, -0.15) is 4.98 Å². The van der Waals surface area contributed by atoms with Crippen molar-refractivity contribution in [2.75, 3.05) is 11.4 Å². The van der Waals surface area contributed by atoms with Crippen LogP contribution in [0.1, 0.15) is 44.6 Å². The first kappa shape index (κ1) is 20.4. The van der Waals surface area contributed by atoms with Gasteiger partial charge in [-0.15, -0.1) is 0 Å². The van der Waals surface area contributed by atoms with E-state index < -0.39 is 0 Å². The Morgan fingerprint density at radius 2 is 1.84 bits per heavy atom. The summed E-state index contributed by atoms with van der Waals surface area (Å²) in [6.45, 7) is 4.03. The molecule has 0 N–H and O–H groups in total. The molecule has 3 aromatic rings. The largest absolute Gasteiger partial charge is 0.339 e. The number of halogens is 1. The van der Waals surface area contributed by atoms with Crippen LogP contribution in [0.2, 0.25) is 5.02 Å². The molecule has 1 saturated carbocycles. The summed E-state index contributed by atoms with van der Waals surface area (Å²) in [5.74, 6) is 1.24. The maximum Gasteiger partial charge on any atom is 0.332 e. The Labute approximate surface area is 185 Å². The van der Waals surface area contributed by atoms with E-state index in [-0.39, 0.29) is 17.8 Å². The predicted molar refractivity (Wildman–Crippen MR) is 123 cm³/mol. The summed E-state index contributed by atoms with van der Waals surface area (Å²) in [5.41, 5.74) is 1.06. The van der Waals surface area contributed by atoms with E-state index in [1.165, 1.54) is 28.4 Å². The van der Waals surface area contributed by atoms with Crippen LogP contribution in [0.3, 0.4) is 0 Å². The molecule has 1 aromatic carbocycles. The van der Waals surface area contributed by atoms with Gasteiger partial charge in [0.25, 0.3) is 5.56 Å². The molecule has 0 bridgehead atoms. The van der Waals surface area contributed by atoms with Crippen molar-refractivity contribution in [1.82, 2.24) is 18.7 Å². The van der Waals surface area contributed by atoms with Gasteiger partial charge in [-0.05, 0) is 30.4 Å². The number of aromatic nitrogens is 4. The van der Waals surface area contributed by atoms with E-state index in [1.807, 2.05) is 22.8 Å². The lowest BCUT2D eigenvalue weighted by molar-refractivity contribution is 0.354. The average Bonchev–Trinajstić information content (AvgIpc) is 3.16. The van der Waals surface area contributed by atoms with Crippen molar-refractivity contribution in [1.29, 1.82) is 0 Å². The number of hydrogen-bond acceptors (Lipinski definition) is 4. The third kappa shape index (κ3) is 3.39. The minimum Gasteiger partial charge on any atom is -0.339 e. The quantitative estimate of drug-likeness (QED) is 0.625. The number of imidazole rings is 1. The third-order valence-corrected chi connectivity index (χ3v) is 7.14. The number of fused-ring (bicyclic) bond motifs is 3. The van der Waals surface area contributed by atoms with Gasteiger partial charge in [0.15, 0.2) is 11.2 Å². The highest BCUT2D eigenvalue weighted by molar-refractivity contribution is 6.31. The normalized spacial score (nSPS) is 19.7. The molecule has 1 aliphatic heterocycles. The number of anilines is 1. The van der Waals surface area contributed by atoms with Crippen LogP contribution < -0.4 is 16.1 Å². The molecule has 31 heavy (non-hydrogen) atoms. The van der Waals surface area contributed by atoms with Crippen LogP contribution in [0.5, 0.6) is 0 Å². The fraction of sp³-hybridized carbons (Fsp3) is 0.522. The first-order valence-electron chi connectivity index (χ1n) is 11.2. The smallest absolute Gasteiger partial charge is 0.332 e. The van der Waals surface area contributed by atoms with Crippen molar-refractivity contribution >= 4 is 28.7 Å². The van der Waals surface area contributed by atoms with Crippen LogP contribution in [0, 0.1) is 5.92 Å². The Hall–Kier alpha value is -2.54. The van der Waals surface area contributed by atoms with E-state index in [4.69, 9.17) is 16.6 Å². The van der Waals surface area contributed by atoms with Gasteiger partial charge in [-0.25, -0.2) is 4.79 Å². The van der Waals surface area contributed by atoms with Crippen LogP contribution in [-0.2, 0) is 20.1 Å². The van der Waals surface area contributed by atoms with Crippen LogP contribution in [-0.4, -0.2) is 31.3 Å². The molecular formula is C23H28ClN5O2. The molecule has 3 heterocycles. The lowest BCUT2D eigenvalue weighted by atomic mass is 9.93. The zero-order valence-electron chi connectivity index (χ0n) is 18.1. The second-order valence-electron chi connectivity index (χ2n) is 9.07. The molecule has 0 radical (unpaired) electrons. The minimum atomic E-state index is -0.370. The van der Waals surface area contributed by atoms with Gasteiger partial charge in [0.05, 0.1) is 6.54 Å². The zero-order valence-corrected chi connectivity index (χ0v) is 18.8. The van der Waals surface area contributed by atoms with Crippen molar-refractivity contribution in [3.05, 3.63) is 55.7 Å². The molecule has 1 fully saturated rings. The molecule has 8 heteroatoms. The van der Waals surface area contributed by atoms with E-state index in [1.54, 1.807) is 13.1 Å². The Bertz CT molecular complexity index is 1250. The molecule has 164 valence electrons. The number of benzene rings is 1. The highest BCUT2D eigenvalue weighted by Gasteiger charge is 2.33. The SMILES string of the molecule is CC1CN(C2CCCCC2)c2nc3c(c(=O)n(Cc4ccccc4Cl)c(=O)n3C)n2C1. The average molecular weight is 442 g/mol. The minimum absolute atomic E-state index is 0.142.